The van der Waals surface area contributed by atoms with Crippen LogP contribution in [0, 0.1) is 6.92 Å². The van der Waals surface area contributed by atoms with Crippen LogP contribution in [-0.4, -0.2) is 33.7 Å². The van der Waals surface area contributed by atoms with E-state index in [1.54, 1.807) is 12.3 Å². The molecule has 0 bridgehead atoms. The predicted octanol–water partition coefficient (Wildman–Crippen LogP) is -0.216. The van der Waals surface area contributed by atoms with Crippen molar-refractivity contribution in [2.75, 3.05) is 24.0 Å². The first-order chi connectivity index (χ1) is 8.04. The van der Waals surface area contributed by atoms with E-state index in [1.165, 1.54) is 6.20 Å². The number of carbonyl (C=O) groups is 1. The second kappa shape index (κ2) is 6.31. The quantitative estimate of drug-likeness (QED) is 0.500. The molecule has 0 aliphatic heterocycles. The molecule has 1 unspecified atom stereocenters. The van der Waals surface area contributed by atoms with Gasteiger partial charge in [-0.3, -0.25) is 19.8 Å². The number of nitrogens with one attached hydrogen (secondary N) is 2. The molecule has 17 heavy (non-hydrogen) atoms. The van der Waals surface area contributed by atoms with Crippen molar-refractivity contribution in [3.8, 4) is 0 Å². The summed E-state index contributed by atoms with van der Waals surface area (Å²) in [5.41, 5.74) is 4.12. The zero-order valence-corrected chi connectivity index (χ0v) is 10.6. The van der Waals surface area contributed by atoms with Crippen LogP contribution in [0.3, 0.4) is 0 Å². The number of hydrogen-bond donors (Lipinski definition) is 3. The average Bonchev–Trinajstić information content (AvgIpc) is 2.28. The van der Waals surface area contributed by atoms with Gasteiger partial charge >= 0.3 is 0 Å². The zero-order chi connectivity index (χ0) is 12.8. The number of nitrogens with two attached hydrogens (primary N) is 1. The summed E-state index contributed by atoms with van der Waals surface area (Å²) in [7, 11) is -0.920. The molecule has 1 aromatic heterocycles. The predicted molar refractivity (Wildman–Crippen MR) is 68.1 cm³/mol. The third-order valence-corrected chi connectivity index (χ3v) is 2.89. The summed E-state index contributed by atoms with van der Waals surface area (Å²) >= 11 is 0. The van der Waals surface area contributed by atoms with Gasteiger partial charge in [-0.25, -0.2) is 0 Å². The number of pyridine rings is 1. The lowest BCUT2D eigenvalue weighted by Gasteiger charge is -2.09. The van der Waals surface area contributed by atoms with E-state index < -0.39 is 10.8 Å². The van der Waals surface area contributed by atoms with Crippen LogP contribution < -0.4 is 16.6 Å². The normalized spacial score (nSPS) is 11.9. The molecule has 1 aromatic rings. The van der Waals surface area contributed by atoms with Crippen LogP contribution in [-0.2, 0) is 10.8 Å². The van der Waals surface area contributed by atoms with E-state index >= 15 is 0 Å². The first kappa shape index (κ1) is 13.6. The molecular formula is C10H16N4O2S. The maximum Gasteiger partial charge on any atom is 0.255 e. The smallest absolute Gasteiger partial charge is 0.255 e. The molecule has 0 fully saturated rings. The largest absolute Gasteiger partial charge is 0.351 e. The Labute approximate surface area is 102 Å². The van der Waals surface area contributed by atoms with E-state index in [4.69, 9.17) is 5.84 Å². The van der Waals surface area contributed by atoms with Gasteiger partial charge in [0.25, 0.3) is 5.91 Å². The van der Waals surface area contributed by atoms with Gasteiger partial charge in [0.2, 0.25) is 0 Å². The molecule has 0 saturated heterocycles. The number of anilines is 1. The van der Waals surface area contributed by atoms with Crippen molar-refractivity contribution in [3.63, 3.8) is 0 Å². The van der Waals surface area contributed by atoms with Crippen molar-refractivity contribution in [1.82, 2.24) is 10.3 Å². The van der Waals surface area contributed by atoms with Crippen LogP contribution in [0.2, 0.25) is 0 Å². The minimum atomic E-state index is -0.920. The Kier molecular flexibility index (Phi) is 5.05. The number of nitrogens with zero attached hydrogens (tertiary/aromatic N) is 1. The van der Waals surface area contributed by atoms with Gasteiger partial charge in [0, 0.05) is 41.2 Å². The lowest BCUT2D eigenvalue weighted by atomic mass is 10.2. The lowest BCUT2D eigenvalue weighted by Crippen LogP contribution is -2.29. The summed E-state index contributed by atoms with van der Waals surface area (Å²) in [4.78, 5) is 15.8. The van der Waals surface area contributed by atoms with Gasteiger partial charge < -0.3 is 10.7 Å². The summed E-state index contributed by atoms with van der Waals surface area (Å²) in [6, 6.07) is 1.69. The third kappa shape index (κ3) is 4.12. The molecule has 0 saturated carbocycles. The van der Waals surface area contributed by atoms with E-state index in [9.17, 15) is 9.00 Å². The van der Waals surface area contributed by atoms with Crippen LogP contribution in [0.5, 0.6) is 0 Å². The Morgan fingerprint density at radius 3 is 2.88 bits per heavy atom. The molecule has 0 aliphatic carbocycles. The Hall–Kier alpha value is -1.47. The minimum Gasteiger partial charge on any atom is -0.351 e. The Bertz CT molecular complexity index is 436. The molecule has 94 valence electrons. The summed E-state index contributed by atoms with van der Waals surface area (Å²) < 4.78 is 10.8. The molecule has 0 aromatic carbocycles. The number of carbonyl (C=O) groups excluding carboxylic acids is 1. The van der Waals surface area contributed by atoms with E-state index in [1.807, 2.05) is 6.92 Å². The molecule has 4 N–H and O–H groups in total. The number of hydrogen-bond acceptors (Lipinski definition) is 5. The standard InChI is InChI=1S/C10H16N4O2S/c1-7-5-9(14-11)8(6-13-7)10(15)12-3-4-17(2)16/h5-6H,3-4,11H2,1-2H3,(H,12,15)(H,13,14). The van der Waals surface area contributed by atoms with E-state index in [0.717, 1.165) is 5.69 Å². The van der Waals surface area contributed by atoms with E-state index in [2.05, 4.69) is 15.7 Å². The van der Waals surface area contributed by atoms with Crippen molar-refractivity contribution in [2.24, 2.45) is 5.84 Å². The van der Waals surface area contributed by atoms with Crippen LogP contribution in [0.25, 0.3) is 0 Å². The molecule has 1 amide bonds. The number of amides is 1. The first-order valence-electron chi connectivity index (χ1n) is 5.06. The number of nitrogen functional groups attached to an aromatic ring is 1. The topological polar surface area (TPSA) is 97.1 Å². The van der Waals surface area contributed by atoms with Crippen molar-refractivity contribution in [3.05, 3.63) is 23.5 Å². The maximum atomic E-state index is 11.8. The second-order valence-electron chi connectivity index (χ2n) is 3.55. The molecule has 0 aliphatic rings. The molecule has 0 radical (unpaired) electrons. The van der Waals surface area contributed by atoms with Crippen LogP contribution in [0.4, 0.5) is 5.69 Å². The maximum absolute atomic E-state index is 11.8. The average molecular weight is 256 g/mol. The van der Waals surface area contributed by atoms with Crippen LogP contribution >= 0.6 is 0 Å². The van der Waals surface area contributed by atoms with Gasteiger partial charge in [-0.05, 0) is 13.0 Å². The SMILES string of the molecule is Cc1cc(NN)c(C(=O)NCCS(C)=O)cn1. The highest BCUT2D eigenvalue weighted by molar-refractivity contribution is 7.84. The zero-order valence-electron chi connectivity index (χ0n) is 9.82. The minimum absolute atomic E-state index is 0.282. The van der Waals surface area contributed by atoms with Gasteiger partial charge in [0.05, 0.1) is 11.3 Å². The van der Waals surface area contributed by atoms with Gasteiger partial charge in [0.1, 0.15) is 0 Å². The van der Waals surface area contributed by atoms with Gasteiger partial charge in [0.15, 0.2) is 0 Å². The van der Waals surface area contributed by atoms with Crippen LogP contribution in [0.15, 0.2) is 12.3 Å². The Balaban J connectivity index is 2.71. The Morgan fingerprint density at radius 2 is 2.29 bits per heavy atom. The molecule has 1 atom stereocenters. The third-order valence-electron chi connectivity index (χ3n) is 2.12. The van der Waals surface area contributed by atoms with Crippen molar-refractivity contribution >= 4 is 22.4 Å². The summed E-state index contributed by atoms with van der Waals surface area (Å²) in [6.45, 7) is 2.17. The van der Waals surface area contributed by atoms with Gasteiger partial charge in [-0.15, -0.1) is 0 Å². The van der Waals surface area contributed by atoms with Crippen molar-refractivity contribution in [1.29, 1.82) is 0 Å². The van der Waals surface area contributed by atoms with E-state index in [0.29, 0.717) is 23.5 Å². The molecule has 1 heterocycles. The summed E-state index contributed by atoms with van der Waals surface area (Å²) in [6.07, 6.45) is 3.05. The van der Waals surface area contributed by atoms with E-state index in [-0.39, 0.29) is 5.91 Å². The fraction of sp³-hybridized carbons (Fsp3) is 0.400. The molecule has 0 spiro atoms. The molecular weight excluding hydrogens is 240 g/mol. The number of hydrazine groups is 1. The highest BCUT2D eigenvalue weighted by Gasteiger charge is 2.11. The van der Waals surface area contributed by atoms with Crippen LogP contribution in [0.1, 0.15) is 16.1 Å². The second-order valence-corrected chi connectivity index (χ2v) is 5.10. The summed E-state index contributed by atoms with van der Waals surface area (Å²) in [5, 5.41) is 2.66. The fourth-order valence-electron chi connectivity index (χ4n) is 1.26. The molecule has 1 rings (SSSR count). The van der Waals surface area contributed by atoms with Gasteiger partial charge in [-0.1, -0.05) is 0 Å². The highest BCUT2D eigenvalue weighted by Crippen LogP contribution is 2.13. The highest BCUT2D eigenvalue weighted by atomic mass is 32.2. The molecule has 6 nitrogen and oxygen atoms in total. The molecule has 7 heteroatoms. The monoisotopic (exact) mass is 256 g/mol. The fourth-order valence-corrected chi connectivity index (χ4v) is 1.65. The number of rotatable bonds is 5. The lowest BCUT2D eigenvalue weighted by molar-refractivity contribution is 0.0956. The van der Waals surface area contributed by atoms with Gasteiger partial charge in [-0.2, -0.15) is 0 Å². The number of aryl methyl sites for hydroxylation is 1. The summed E-state index contributed by atoms with van der Waals surface area (Å²) in [5.74, 6) is 5.47. The first-order valence-corrected chi connectivity index (χ1v) is 6.78. The van der Waals surface area contributed by atoms with Crippen molar-refractivity contribution in [2.45, 2.75) is 6.92 Å². The van der Waals surface area contributed by atoms with Crippen molar-refractivity contribution < 1.29 is 9.00 Å². The Morgan fingerprint density at radius 1 is 1.59 bits per heavy atom. The number of aromatic nitrogens is 1.